The number of hydrogen-bond acceptors (Lipinski definition) is 12. The van der Waals surface area contributed by atoms with Crippen LogP contribution in [0.3, 0.4) is 0 Å². The highest BCUT2D eigenvalue weighted by molar-refractivity contribution is 8.05. The van der Waals surface area contributed by atoms with Crippen LogP contribution in [0.2, 0.25) is 0 Å². The molecule has 2 aliphatic heterocycles. The van der Waals surface area contributed by atoms with E-state index in [4.69, 9.17) is 10.8 Å². The zero-order chi connectivity index (χ0) is 24.3. The summed E-state index contributed by atoms with van der Waals surface area (Å²) >= 11 is 4.80. The number of carboxylic acid groups (broad SMARTS) is 2. The largest absolute Gasteiger partial charge is 0.480 e. The molecule has 5 N–H and O–H groups in total. The maximum Gasteiger partial charge on any atom is 0.352 e. The van der Waals surface area contributed by atoms with Crippen molar-refractivity contribution in [2.75, 3.05) is 29.3 Å². The minimum absolute atomic E-state index is 0.0429. The number of aliphatic carboxylic acids is 2. The first-order valence-corrected chi connectivity index (χ1v) is 13.7. The number of fused-ring (bicyclic) bond motifs is 1. The second-order valence-corrected chi connectivity index (χ2v) is 11.0. The van der Waals surface area contributed by atoms with Crippen molar-refractivity contribution in [2.45, 2.75) is 21.4 Å². The predicted molar refractivity (Wildman–Crippen MR) is 125 cm³/mol. The van der Waals surface area contributed by atoms with E-state index < -0.39 is 40.0 Å². The van der Waals surface area contributed by atoms with Crippen LogP contribution < -0.4 is 11.1 Å². The molecule has 180 valence electrons. The van der Waals surface area contributed by atoms with E-state index in [0.717, 1.165) is 23.5 Å². The zero-order valence-corrected chi connectivity index (χ0v) is 20.7. The standard InChI is InChI=1S/C16H21N7O6S4/c1-22-15(19-20-21-22)33-4-7-3-32-14-16(30-2,13(29)23(14)10(7)12(27)28)18-9(24)6-31-5-8(17)11(25)26/h8,14H,3-6,17H2,1-2H3,(H,18,24)(H,25,26)(H,27,28)/t8-,14-,16+/m1/s1. The van der Waals surface area contributed by atoms with E-state index in [-0.39, 0.29) is 17.2 Å². The summed E-state index contributed by atoms with van der Waals surface area (Å²) in [6.07, 6.45) is 1.67. The van der Waals surface area contributed by atoms with Crippen molar-refractivity contribution in [3.63, 3.8) is 0 Å². The number of tetrazole rings is 1. The van der Waals surface area contributed by atoms with Gasteiger partial charge in [0, 0.05) is 24.3 Å². The van der Waals surface area contributed by atoms with Crippen molar-refractivity contribution in [3.05, 3.63) is 11.3 Å². The first-order valence-electron chi connectivity index (χ1n) is 9.30. The Balaban J connectivity index is 1.70. The quantitative estimate of drug-likeness (QED) is 0.151. The maximum absolute atomic E-state index is 13.1. The van der Waals surface area contributed by atoms with Gasteiger partial charge in [-0.2, -0.15) is 0 Å². The van der Waals surface area contributed by atoms with Gasteiger partial charge >= 0.3 is 11.9 Å². The summed E-state index contributed by atoms with van der Waals surface area (Å²) in [5, 5.41) is 32.4. The van der Waals surface area contributed by atoms with Gasteiger partial charge in [-0.05, 0) is 22.3 Å². The first-order chi connectivity index (χ1) is 15.6. The molecule has 33 heavy (non-hydrogen) atoms. The summed E-state index contributed by atoms with van der Waals surface area (Å²) in [5.41, 5.74) is 5.90. The molecule has 0 radical (unpaired) electrons. The van der Waals surface area contributed by atoms with Crippen LogP contribution in [-0.4, -0.2) is 105 Å². The fraction of sp³-hybridized carbons (Fsp3) is 0.562. The Bertz CT molecular complexity index is 1000. The number of carbonyl (C=O) groups is 4. The Hall–Kier alpha value is -1.95. The van der Waals surface area contributed by atoms with Gasteiger partial charge in [-0.15, -0.1) is 40.4 Å². The third-order valence-electron chi connectivity index (χ3n) is 4.76. The highest BCUT2D eigenvalue weighted by Gasteiger charge is 2.65. The molecule has 2 amide bonds. The lowest BCUT2D eigenvalue weighted by Gasteiger charge is -2.56. The van der Waals surface area contributed by atoms with Gasteiger partial charge in [0.25, 0.3) is 5.91 Å². The van der Waals surface area contributed by atoms with Crippen molar-refractivity contribution in [2.24, 2.45) is 12.8 Å². The van der Waals surface area contributed by atoms with E-state index in [0.29, 0.717) is 22.2 Å². The molecule has 1 aromatic rings. The summed E-state index contributed by atoms with van der Waals surface area (Å²) in [5.74, 6) is -2.76. The molecule has 0 unspecified atom stereocenters. The third kappa shape index (κ3) is 5.11. The van der Waals surface area contributed by atoms with E-state index in [9.17, 15) is 24.3 Å². The average Bonchev–Trinajstić information content (AvgIpc) is 3.19. The Kier molecular flexibility index (Phi) is 8.20. The van der Waals surface area contributed by atoms with Crippen molar-refractivity contribution in [1.82, 2.24) is 30.4 Å². The fourth-order valence-electron chi connectivity index (χ4n) is 3.14. The molecule has 0 spiro atoms. The number of nitrogens with one attached hydrogen (secondary N) is 1. The monoisotopic (exact) mass is 535 g/mol. The number of hydrogen-bond donors (Lipinski definition) is 4. The average molecular weight is 536 g/mol. The van der Waals surface area contributed by atoms with Crippen LogP contribution in [0, 0.1) is 0 Å². The summed E-state index contributed by atoms with van der Waals surface area (Å²) in [6, 6.07) is -1.09. The lowest BCUT2D eigenvalue weighted by atomic mass is 10.0. The Morgan fingerprint density at radius 1 is 1.39 bits per heavy atom. The molecule has 0 aliphatic carbocycles. The molecule has 3 heterocycles. The number of β-lactam (4-membered cyclic amide) rings is 1. The van der Waals surface area contributed by atoms with E-state index in [1.165, 1.54) is 33.1 Å². The van der Waals surface area contributed by atoms with Gasteiger partial charge < -0.3 is 21.3 Å². The van der Waals surface area contributed by atoms with Crippen LogP contribution in [-0.2, 0) is 26.2 Å². The van der Waals surface area contributed by atoms with Gasteiger partial charge in [0.05, 0.1) is 5.75 Å². The molecule has 0 saturated carbocycles. The maximum atomic E-state index is 13.1. The number of carboxylic acids is 2. The van der Waals surface area contributed by atoms with Gasteiger partial charge in [0.2, 0.25) is 11.1 Å². The van der Waals surface area contributed by atoms with Gasteiger partial charge in [0.15, 0.2) is 4.87 Å². The van der Waals surface area contributed by atoms with Crippen molar-refractivity contribution in [3.8, 4) is 0 Å². The minimum atomic E-state index is -1.30. The number of nitrogens with two attached hydrogens (primary N) is 1. The highest BCUT2D eigenvalue weighted by atomic mass is 32.2. The lowest BCUT2D eigenvalue weighted by Crippen LogP contribution is -2.78. The van der Waals surface area contributed by atoms with E-state index >= 15 is 0 Å². The molecule has 3 rings (SSSR count). The molecule has 1 fully saturated rings. The van der Waals surface area contributed by atoms with Crippen LogP contribution in [0.5, 0.6) is 0 Å². The van der Waals surface area contributed by atoms with Gasteiger partial charge in [-0.25, -0.2) is 9.48 Å². The molecular weight excluding hydrogens is 514 g/mol. The van der Waals surface area contributed by atoms with Crippen LogP contribution in [0.15, 0.2) is 16.4 Å². The van der Waals surface area contributed by atoms with Gasteiger partial charge in [-0.1, -0.05) is 11.8 Å². The van der Waals surface area contributed by atoms with E-state index in [1.54, 1.807) is 13.3 Å². The summed E-state index contributed by atoms with van der Waals surface area (Å²) in [4.78, 5) is 48.3. The Morgan fingerprint density at radius 2 is 2.12 bits per heavy atom. The van der Waals surface area contributed by atoms with Crippen LogP contribution in [0.1, 0.15) is 0 Å². The Labute approximate surface area is 205 Å². The third-order valence-corrected chi connectivity index (χ3v) is 9.61. The van der Waals surface area contributed by atoms with E-state index in [2.05, 4.69) is 20.8 Å². The van der Waals surface area contributed by atoms with Crippen molar-refractivity contribution < 1.29 is 29.4 Å². The number of amides is 2. The second kappa shape index (κ2) is 10.5. The highest BCUT2D eigenvalue weighted by Crippen LogP contribution is 2.51. The SMILES string of the molecule is CS[C@@]1(NC(=O)CSC[C@@H](N)C(=O)O)C(=O)N2C(C(=O)O)=C(CSc3nnnn3C)CS[C@@H]21. The van der Waals surface area contributed by atoms with Crippen LogP contribution >= 0.6 is 47.0 Å². The van der Waals surface area contributed by atoms with Gasteiger partial charge in [-0.3, -0.25) is 19.3 Å². The lowest BCUT2D eigenvalue weighted by molar-refractivity contribution is -0.152. The van der Waals surface area contributed by atoms with E-state index in [1.807, 2.05) is 0 Å². The molecule has 1 aromatic heterocycles. The molecule has 2 aliphatic rings. The molecular formula is C16H21N7O6S4. The number of aryl methyl sites for hydroxylation is 1. The smallest absolute Gasteiger partial charge is 0.352 e. The molecule has 17 heteroatoms. The molecule has 1 saturated heterocycles. The summed E-state index contributed by atoms with van der Waals surface area (Å²) in [7, 11) is 1.67. The molecule has 0 aromatic carbocycles. The topological polar surface area (TPSA) is 194 Å². The summed E-state index contributed by atoms with van der Waals surface area (Å²) < 4.78 is 1.47. The molecule has 0 bridgehead atoms. The number of thioether (sulfide) groups is 4. The number of rotatable bonds is 11. The fourth-order valence-corrected chi connectivity index (χ4v) is 7.53. The summed E-state index contributed by atoms with van der Waals surface area (Å²) in [6.45, 7) is 0. The first kappa shape index (κ1) is 25.7. The van der Waals surface area contributed by atoms with Crippen LogP contribution in [0.4, 0.5) is 0 Å². The van der Waals surface area contributed by atoms with Crippen molar-refractivity contribution >= 4 is 70.8 Å². The number of carbonyl (C=O) groups excluding carboxylic acids is 2. The van der Waals surface area contributed by atoms with Crippen molar-refractivity contribution in [1.29, 1.82) is 0 Å². The number of nitrogens with zero attached hydrogens (tertiary/aromatic N) is 5. The minimum Gasteiger partial charge on any atom is -0.480 e. The molecule has 13 nitrogen and oxygen atoms in total. The Morgan fingerprint density at radius 3 is 2.70 bits per heavy atom. The predicted octanol–water partition coefficient (Wildman–Crippen LogP) is -1.12. The second-order valence-electron chi connectivity index (χ2n) is 6.92. The van der Waals surface area contributed by atoms with Crippen LogP contribution in [0.25, 0.3) is 0 Å². The van der Waals surface area contributed by atoms with Gasteiger partial charge in [0.1, 0.15) is 17.1 Å². The molecule has 3 atom stereocenters. The number of aromatic nitrogens is 4. The zero-order valence-electron chi connectivity index (χ0n) is 17.5. The normalized spacial score (nSPS) is 23.1.